The smallest absolute Gasteiger partial charge is 0.292 e. The summed E-state index contributed by atoms with van der Waals surface area (Å²) in [6.07, 6.45) is 1.12. The first kappa shape index (κ1) is 14.3. The number of aromatic nitrogens is 2. The van der Waals surface area contributed by atoms with Crippen LogP contribution in [-0.4, -0.2) is 20.3 Å². The molecule has 19 heavy (non-hydrogen) atoms. The van der Waals surface area contributed by atoms with E-state index in [9.17, 15) is 9.00 Å². The summed E-state index contributed by atoms with van der Waals surface area (Å²) in [6, 6.07) is 1.97. The Morgan fingerprint density at radius 3 is 2.53 bits per heavy atom. The lowest BCUT2D eigenvalue weighted by Gasteiger charge is -2.26. The van der Waals surface area contributed by atoms with E-state index in [-0.39, 0.29) is 17.2 Å². The Bertz CT molecular complexity index is 526. The monoisotopic (exact) mass is 281 g/mol. The quantitative estimate of drug-likeness (QED) is 0.801. The maximum atomic E-state index is 12.0. The Labute approximate surface area is 118 Å². The van der Waals surface area contributed by atoms with Gasteiger partial charge >= 0.3 is 11.7 Å². The molecule has 1 aliphatic heterocycles. The molecule has 0 amide bonds. The van der Waals surface area contributed by atoms with E-state index in [0.717, 1.165) is 5.69 Å². The molecule has 5 heteroatoms. The number of ketones is 1. The molecule has 0 saturated heterocycles. The van der Waals surface area contributed by atoms with Crippen molar-refractivity contribution in [2.45, 2.75) is 58.2 Å². The number of Topliss-reactive ketones (excluding diaryl/α,β-unsaturated/α-hetero) is 1. The van der Waals surface area contributed by atoms with E-state index in [2.05, 4.69) is 25.9 Å². The van der Waals surface area contributed by atoms with Gasteiger partial charge in [0.25, 0.3) is 0 Å². The van der Waals surface area contributed by atoms with E-state index in [1.807, 2.05) is 24.6 Å². The van der Waals surface area contributed by atoms with Crippen molar-refractivity contribution in [1.82, 2.24) is 9.78 Å². The lowest BCUT2D eigenvalue weighted by molar-refractivity contribution is 0.0970. The van der Waals surface area contributed by atoms with E-state index < -0.39 is 4.75 Å². The minimum atomic E-state index is -0.393. The predicted molar refractivity (Wildman–Crippen MR) is 75.5 cm³/mol. The second-order valence-corrected chi connectivity index (χ2v) is 8.27. The Morgan fingerprint density at radius 2 is 2.00 bits per heavy atom. The van der Waals surface area contributed by atoms with Crippen molar-refractivity contribution >= 4 is 17.4 Å². The van der Waals surface area contributed by atoms with Crippen molar-refractivity contribution < 1.29 is 9.00 Å². The summed E-state index contributed by atoms with van der Waals surface area (Å²) in [4.78, 5) is 12.0. The summed E-state index contributed by atoms with van der Waals surface area (Å²) in [5, 5.41) is 4.57. The Kier molecular flexibility index (Phi) is 3.37. The van der Waals surface area contributed by atoms with Crippen LogP contribution in [0.15, 0.2) is 6.07 Å². The van der Waals surface area contributed by atoms with Gasteiger partial charge in [-0.3, -0.25) is 9.48 Å². The van der Waals surface area contributed by atoms with E-state index in [1.54, 1.807) is 0 Å². The number of nitrogens with zero attached hydrogens (tertiary/aromatic N) is 2. The topological polar surface area (TPSA) is 52.0 Å². The number of hydrogen-bond acceptors (Lipinski definition) is 3. The van der Waals surface area contributed by atoms with E-state index in [0.29, 0.717) is 30.2 Å². The van der Waals surface area contributed by atoms with Crippen LogP contribution in [0.5, 0.6) is 0 Å². The van der Waals surface area contributed by atoms with Crippen LogP contribution < -0.4 is 0 Å². The van der Waals surface area contributed by atoms with Gasteiger partial charge in [-0.05, 0) is 11.5 Å². The van der Waals surface area contributed by atoms with E-state index in [1.165, 1.54) is 0 Å². The summed E-state index contributed by atoms with van der Waals surface area (Å²) in [7, 11) is 0. The first-order valence-corrected chi connectivity index (χ1v) is 7.31. The highest BCUT2D eigenvalue weighted by Crippen LogP contribution is 2.39. The summed E-state index contributed by atoms with van der Waals surface area (Å²) < 4.78 is 12.5. The van der Waals surface area contributed by atoms with E-state index in [4.69, 9.17) is 0 Å². The molecular weight excluding hydrogens is 260 g/mol. The molecule has 0 N–H and O–H groups in total. The number of carbonyl (C=O) groups excluding carboxylic acids is 1. The highest BCUT2D eigenvalue weighted by atomic mass is 32.1. The fourth-order valence-electron chi connectivity index (χ4n) is 2.48. The van der Waals surface area contributed by atoms with E-state index >= 15 is 0 Å². The third kappa shape index (κ3) is 2.76. The molecule has 0 bridgehead atoms. The maximum Gasteiger partial charge on any atom is 0.465 e. The van der Waals surface area contributed by atoms with Crippen LogP contribution in [0.2, 0.25) is 0 Å². The van der Waals surface area contributed by atoms with Crippen LogP contribution in [0.3, 0.4) is 0 Å². The lowest BCUT2D eigenvalue weighted by Crippen LogP contribution is -2.24. The standard InChI is InChI=1S/C14H21N2O2S/c1-13(2,3)12-7-11(17)10-6-9(15-16(10)12)8-14(4,5)19-18/h6,12H,7-8H2,1-5H3/q+1. The average molecular weight is 281 g/mol. The summed E-state index contributed by atoms with van der Waals surface area (Å²) in [5.41, 5.74) is 1.54. The number of hydrogen-bond donors (Lipinski definition) is 0. The number of carbonyl (C=O) groups is 1. The zero-order valence-corrected chi connectivity index (χ0v) is 13.0. The Hall–Kier alpha value is -1.10. The van der Waals surface area contributed by atoms with Gasteiger partial charge in [-0.2, -0.15) is 5.10 Å². The van der Waals surface area contributed by atoms with Gasteiger partial charge in [0.15, 0.2) is 5.78 Å². The number of rotatable bonds is 3. The molecule has 0 aromatic carbocycles. The summed E-state index contributed by atoms with van der Waals surface area (Å²) in [5.74, 6) is 0.159. The Balaban J connectivity index is 2.33. The lowest BCUT2D eigenvalue weighted by atomic mass is 9.85. The maximum absolute atomic E-state index is 12.0. The second-order valence-electron chi connectivity index (χ2n) is 6.99. The second kappa shape index (κ2) is 4.47. The molecule has 1 atom stereocenters. The fraction of sp³-hybridized carbons (Fsp3) is 0.714. The van der Waals surface area contributed by atoms with Crippen LogP contribution in [0.1, 0.15) is 63.3 Å². The molecule has 104 valence electrons. The molecule has 0 radical (unpaired) electrons. The van der Waals surface area contributed by atoms with Gasteiger partial charge in [0, 0.05) is 24.5 Å². The molecule has 2 rings (SSSR count). The van der Waals surface area contributed by atoms with Crippen LogP contribution in [-0.2, 0) is 22.3 Å². The molecular formula is C14H21N2O2S+. The number of fused-ring (bicyclic) bond motifs is 1. The molecule has 1 aromatic rings. The van der Waals surface area contributed by atoms with Crippen molar-refractivity contribution in [3.05, 3.63) is 17.5 Å². The zero-order valence-electron chi connectivity index (χ0n) is 12.2. The Morgan fingerprint density at radius 1 is 1.37 bits per heavy atom. The molecule has 0 saturated carbocycles. The highest BCUT2D eigenvalue weighted by molar-refractivity contribution is 7.67. The third-order valence-electron chi connectivity index (χ3n) is 3.58. The van der Waals surface area contributed by atoms with Gasteiger partial charge in [0.2, 0.25) is 4.75 Å². The van der Waals surface area contributed by atoms with Gasteiger partial charge in [0.05, 0.1) is 18.2 Å². The molecule has 0 spiro atoms. The predicted octanol–water partition coefficient (Wildman–Crippen LogP) is 2.81. The molecule has 1 aromatic heterocycles. The molecule has 1 unspecified atom stereocenters. The minimum Gasteiger partial charge on any atom is -0.292 e. The van der Waals surface area contributed by atoms with Crippen molar-refractivity contribution in [3.8, 4) is 0 Å². The molecule has 4 nitrogen and oxygen atoms in total. The van der Waals surface area contributed by atoms with Crippen LogP contribution in [0.25, 0.3) is 0 Å². The molecule has 0 fully saturated rings. The van der Waals surface area contributed by atoms with Crippen molar-refractivity contribution in [2.75, 3.05) is 0 Å². The largest absolute Gasteiger partial charge is 0.465 e. The van der Waals surface area contributed by atoms with Gasteiger partial charge < -0.3 is 0 Å². The fourth-order valence-corrected chi connectivity index (χ4v) is 2.69. The third-order valence-corrected chi connectivity index (χ3v) is 4.17. The molecule has 2 heterocycles. The van der Waals surface area contributed by atoms with Crippen molar-refractivity contribution in [2.24, 2.45) is 5.41 Å². The van der Waals surface area contributed by atoms with Crippen LogP contribution in [0, 0.1) is 5.41 Å². The van der Waals surface area contributed by atoms with Gasteiger partial charge in [-0.25, -0.2) is 0 Å². The average Bonchev–Trinajstić information content (AvgIpc) is 2.78. The van der Waals surface area contributed by atoms with Crippen molar-refractivity contribution in [1.29, 1.82) is 0 Å². The van der Waals surface area contributed by atoms with Crippen LogP contribution in [0.4, 0.5) is 0 Å². The summed E-state index contributed by atoms with van der Waals surface area (Å²) in [6.45, 7) is 10.2. The molecule has 1 aliphatic rings. The van der Waals surface area contributed by atoms with Gasteiger partial charge in [-0.1, -0.05) is 20.8 Å². The van der Waals surface area contributed by atoms with Crippen LogP contribution >= 0.6 is 0 Å². The van der Waals surface area contributed by atoms with Gasteiger partial charge in [0.1, 0.15) is 5.69 Å². The normalized spacial score (nSPS) is 19.6. The first-order chi connectivity index (χ1) is 8.64. The minimum absolute atomic E-state index is 0.00695. The SMILES string of the molecule is CC(C)(Cc1cc2n(n1)C(C(C)(C)C)CC2=O)[S+]=O. The highest BCUT2D eigenvalue weighted by Gasteiger charge is 2.40. The molecule has 0 aliphatic carbocycles. The first-order valence-electron chi connectivity index (χ1n) is 6.57. The zero-order chi connectivity index (χ0) is 14.4. The summed E-state index contributed by atoms with van der Waals surface area (Å²) >= 11 is 0.586. The van der Waals surface area contributed by atoms with Crippen molar-refractivity contribution in [3.63, 3.8) is 0 Å². The van der Waals surface area contributed by atoms with Gasteiger partial charge in [-0.15, -0.1) is 0 Å².